The zero-order valence-electron chi connectivity index (χ0n) is 10.8. The van der Waals surface area contributed by atoms with E-state index < -0.39 is 0 Å². The topological polar surface area (TPSA) is 33.7 Å². The lowest BCUT2D eigenvalue weighted by molar-refractivity contribution is 0.0384. The van der Waals surface area contributed by atoms with E-state index in [1.165, 1.54) is 25.7 Å². The number of morpholine rings is 1. The monoisotopic (exact) mass is 242 g/mol. The van der Waals surface area contributed by atoms with Crippen LogP contribution in [0.2, 0.25) is 0 Å². The van der Waals surface area contributed by atoms with E-state index in [-0.39, 0.29) is 0 Å². The van der Waals surface area contributed by atoms with Crippen LogP contribution in [0.25, 0.3) is 0 Å². The Morgan fingerprint density at radius 1 is 1.12 bits per heavy atom. The summed E-state index contributed by atoms with van der Waals surface area (Å²) in [7, 11) is 0. The molecule has 0 radical (unpaired) electrons. The molecule has 2 heterocycles. The molecule has 0 amide bonds. The molecule has 1 unspecified atom stereocenters. The quantitative estimate of drug-likeness (QED) is 0.672. The molecule has 0 aromatic rings. The molecular weight excluding hydrogens is 216 g/mol. The Morgan fingerprint density at radius 2 is 2.00 bits per heavy atom. The van der Waals surface area contributed by atoms with Crippen molar-refractivity contribution in [2.24, 2.45) is 0 Å². The van der Waals surface area contributed by atoms with Crippen LogP contribution in [0.15, 0.2) is 0 Å². The molecule has 4 nitrogen and oxygen atoms in total. The highest BCUT2D eigenvalue weighted by Gasteiger charge is 2.14. The highest BCUT2D eigenvalue weighted by molar-refractivity contribution is 4.66. The Morgan fingerprint density at radius 3 is 2.76 bits per heavy atom. The van der Waals surface area contributed by atoms with Gasteiger partial charge in [0, 0.05) is 32.8 Å². The molecular formula is C13H26N2O2. The maximum atomic E-state index is 5.60. The Hall–Kier alpha value is -0.160. The van der Waals surface area contributed by atoms with E-state index in [2.05, 4.69) is 10.2 Å². The van der Waals surface area contributed by atoms with Crippen molar-refractivity contribution in [1.29, 1.82) is 0 Å². The van der Waals surface area contributed by atoms with Crippen molar-refractivity contribution >= 4 is 0 Å². The zero-order chi connectivity index (χ0) is 11.8. The molecule has 2 fully saturated rings. The molecule has 2 aliphatic rings. The Balaban J connectivity index is 1.38. The highest BCUT2D eigenvalue weighted by atomic mass is 16.5. The van der Waals surface area contributed by atoms with Crippen molar-refractivity contribution in [3.8, 4) is 0 Å². The van der Waals surface area contributed by atoms with Crippen molar-refractivity contribution in [3.63, 3.8) is 0 Å². The third kappa shape index (κ3) is 5.34. The van der Waals surface area contributed by atoms with Crippen LogP contribution in [0.4, 0.5) is 0 Å². The first-order valence-electron chi connectivity index (χ1n) is 7.07. The maximum Gasteiger partial charge on any atom is 0.0594 e. The molecule has 0 aromatic heterocycles. The third-order valence-corrected chi connectivity index (χ3v) is 3.61. The first-order valence-corrected chi connectivity index (χ1v) is 7.07. The number of hydrogen-bond acceptors (Lipinski definition) is 4. The van der Waals surface area contributed by atoms with E-state index in [1.54, 1.807) is 0 Å². The predicted molar refractivity (Wildman–Crippen MR) is 68.3 cm³/mol. The van der Waals surface area contributed by atoms with Crippen molar-refractivity contribution in [2.75, 3.05) is 52.5 Å². The highest BCUT2D eigenvalue weighted by Crippen LogP contribution is 2.16. The maximum absolute atomic E-state index is 5.60. The Bertz CT molecular complexity index is 190. The molecule has 0 aromatic carbocycles. The number of nitrogens with one attached hydrogen (secondary N) is 1. The second kappa shape index (κ2) is 8.03. The number of nitrogens with zero attached hydrogens (tertiary/aromatic N) is 1. The van der Waals surface area contributed by atoms with E-state index in [4.69, 9.17) is 9.47 Å². The molecule has 4 heteroatoms. The second-order valence-corrected chi connectivity index (χ2v) is 4.98. The van der Waals surface area contributed by atoms with Gasteiger partial charge in [0.1, 0.15) is 0 Å². The minimum atomic E-state index is 0.552. The van der Waals surface area contributed by atoms with Crippen LogP contribution in [0.3, 0.4) is 0 Å². The zero-order valence-corrected chi connectivity index (χ0v) is 10.8. The van der Waals surface area contributed by atoms with E-state index in [0.717, 1.165) is 52.5 Å². The lowest BCUT2D eigenvalue weighted by Gasteiger charge is -2.26. The molecule has 1 N–H and O–H groups in total. The molecule has 100 valence electrons. The second-order valence-electron chi connectivity index (χ2n) is 4.98. The van der Waals surface area contributed by atoms with Gasteiger partial charge < -0.3 is 14.8 Å². The van der Waals surface area contributed by atoms with Gasteiger partial charge >= 0.3 is 0 Å². The molecule has 0 aliphatic carbocycles. The molecule has 2 saturated heterocycles. The first kappa shape index (κ1) is 13.3. The summed E-state index contributed by atoms with van der Waals surface area (Å²) in [6, 6.07) is 0. The fraction of sp³-hybridized carbons (Fsp3) is 1.00. The smallest absolute Gasteiger partial charge is 0.0594 e. The van der Waals surface area contributed by atoms with Crippen LogP contribution in [0.1, 0.15) is 25.7 Å². The van der Waals surface area contributed by atoms with Gasteiger partial charge in [0.05, 0.1) is 19.3 Å². The Labute approximate surface area is 105 Å². The summed E-state index contributed by atoms with van der Waals surface area (Å²) in [5.74, 6) is 0. The van der Waals surface area contributed by atoms with E-state index in [9.17, 15) is 0 Å². The van der Waals surface area contributed by atoms with Crippen LogP contribution in [-0.2, 0) is 9.47 Å². The lowest BCUT2D eigenvalue weighted by Crippen LogP contribution is -2.40. The molecule has 0 bridgehead atoms. The molecule has 0 saturated carbocycles. The van der Waals surface area contributed by atoms with Gasteiger partial charge in [-0.1, -0.05) is 0 Å². The van der Waals surface area contributed by atoms with E-state index >= 15 is 0 Å². The van der Waals surface area contributed by atoms with Crippen LogP contribution < -0.4 is 5.32 Å². The molecule has 1 atom stereocenters. The summed E-state index contributed by atoms with van der Waals surface area (Å²) in [5, 5.41) is 3.52. The summed E-state index contributed by atoms with van der Waals surface area (Å²) in [4.78, 5) is 2.47. The molecule has 0 spiro atoms. The van der Waals surface area contributed by atoms with E-state index in [0.29, 0.717) is 6.10 Å². The van der Waals surface area contributed by atoms with Gasteiger partial charge in [0.15, 0.2) is 0 Å². The summed E-state index contributed by atoms with van der Waals surface area (Å²) >= 11 is 0. The van der Waals surface area contributed by atoms with Gasteiger partial charge in [-0.05, 0) is 32.2 Å². The van der Waals surface area contributed by atoms with Crippen LogP contribution in [0.5, 0.6) is 0 Å². The Kier molecular flexibility index (Phi) is 6.27. The minimum Gasteiger partial charge on any atom is -0.379 e. The van der Waals surface area contributed by atoms with Gasteiger partial charge in [0.25, 0.3) is 0 Å². The van der Waals surface area contributed by atoms with Crippen molar-refractivity contribution < 1.29 is 9.47 Å². The predicted octanol–water partition coefficient (Wildman–Crippen LogP) is 0.867. The molecule has 2 rings (SSSR count). The van der Waals surface area contributed by atoms with Crippen molar-refractivity contribution in [1.82, 2.24) is 10.2 Å². The van der Waals surface area contributed by atoms with Gasteiger partial charge in [-0.15, -0.1) is 0 Å². The average Bonchev–Trinajstić information content (AvgIpc) is 2.88. The van der Waals surface area contributed by atoms with Gasteiger partial charge in [0.2, 0.25) is 0 Å². The van der Waals surface area contributed by atoms with Crippen LogP contribution in [0, 0.1) is 0 Å². The summed E-state index contributed by atoms with van der Waals surface area (Å²) in [6.45, 7) is 8.36. The number of hydrogen-bond donors (Lipinski definition) is 1. The summed E-state index contributed by atoms with van der Waals surface area (Å²) in [5.41, 5.74) is 0. The van der Waals surface area contributed by atoms with Crippen LogP contribution in [-0.4, -0.2) is 63.5 Å². The van der Waals surface area contributed by atoms with Crippen LogP contribution >= 0.6 is 0 Å². The van der Waals surface area contributed by atoms with Crippen molar-refractivity contribution in [3.05, 3.63) is 0 Å². The number of rotatable bonds is 7. The average molecular weight is 242 g/mol. The first-order chi connectivity index (χ1) is 8.45. The van der Waals surface area contributed by atoms with Gasteiger partial charge in [-0.2, -0.15) is 0 Å². The summed E-state index contributed by atoms with van der Waals surface area (Å²) in [6.07, 6.45) is 5.55. The molecule has 2 aliphatic heterocycles. The fourth-order valence-electron chi connectivity index (χ4n) is 2.51. The van der Waals surface area contributed by atoms with Gasteiger partial charge in [-0.3, -0.25) is 4.90 Å². The van der Waals surface area contributed by atoms with E-state index in [1.807, 2.05) is 0 Å². The van der Waals surface area contributed by atoms with Crippen molar-refractivity contribution in [2.45, 2.75) is 31.8 Å². The third-order valence-electron chi connectivity index (χ3n) is 3.61. The SMILES string of the molecule is C(CNCCN1CCOCC1)CC1CCCO1. The fourth-order valence-corrected chi connectivity index (χ4v) is 2.51. The largest absolute Gasteiger partial charge is 0.379 e. The standard InChI is InChI=1S/C13H26N2O2/c1(3-13-4-2-10-17-13)5-14-6-7-15-8-11-16-12-9-15/h13-14H,1-12H2. The lowest BCUT2D eigenvalue weighted by atomic mass is 10.1. The normalized spacial score (nSPS) is 26.5. The minimum absolute atomic E-state index is 0.552. The summed E-state index contributed by atoms with van der Waals surface area (Å²) < 4.78 is 10.9. The molecule has 17 heavy (non-hydrogen) atoms. The van der Waals surface area contributed by atoms with Gasteiger partial charge in [-0.25, -0.2) is 0 Å². The number of ether oxygens (including phenoxy) is 2.